The summed E-state index contributed by atoms with van der Waals surface area (Å²) >= 11 is 6.44. The van der Waals surface area contributed by atoms with E-state index in [9.17, 15) is 9.59 Å². The number of halogens is 1. The predicted molar refractivity (Wildman–Crippen MR) is 68.9 cm³/mol. The van der Waals surface area contributed by atoms with Crippen LogP contribution in [0.25, 0.3) is 0 Å². The van der Waals surface area contributed by atoms with Gasteiger partial charge in [0, 0.05) is 17.7 Å². The number of benzene rings is 1. The molecule has 2 aliphatic rings. The second kappa shape index (κ2) is 4.09. The fourth-order valence-electron chi connectivity index (χ4n) is 2.47. The molecule has 0 aromatic heterocycles. The van der Waals surface area contributed by atoms with Gasteiger partial charge in [0.25, 0.3) is 5.91 Å². The minimum atomic E-state index is -0.151. The van der Waals surface area contributed by atoms with Crippen molar-refractivity contribution >= 4 is 23.3 Å². The molecule has 1 aliphatic heterocycles. The molecule has 1 atom stereocenters. The molecule has 0 radical (unpaired) electrons. The van der Waals surface area contributed by atoms with E-state index < -0.39 is 0 Å². The van der Waals surface area contributed by atoms with Gasteiger partial charge in [0.05, 0.1) is 5.38 Å². The molecule has 3 rings (SSSR count). The Balaban J connectivity index is 2.14. The Morgan fingerprint density at radius 3 is 2.78 bits per heavy atom. The Morgan fingerprint density at radius 1 is 1.44 bits per heavy atom. The van der Waals surface area contributed by atoms with Gasteiger partial charge in [0.1, 0.15) is 0 Å². The maximum absolute atomic E-state index is 11.9. The first-order chi connectivity index (χ1) is 8.58. The van der Waals surface area contributed by atoms with Crippen LogP contribution in [-0.2, 0) is 6.54 Å². The zero-order valence-electron chi connectivity index (χ0n) is 10.1. The average molecular weight is 264 g/mol. The largest absolute Gasteiger partial charge is 0.348 e. The molecule has 1 aliphatic carbocycles. The third-order valence-corrected chi connectivity index (χ3v) is 4.25. The molecule has 4 heteroatoms. The van der Waals surface area contributed by atoms with Crippen molar-refractivity contribution in [2.45, 2.75) is 31.7 Å². The lowest BCUT2D eigenvalue weighted by Crippen LogP contribution is -2.14. The summed E-state index contributed by atoms with van der Waals surface area (Å²) in [6, 6.07) is 3.59. The maximum atomic E-state index is 11.9. The van der Waals surface area contributed by atoms with Gasteiger partial charge in [-0.1, -0.05) is 0 Å². The molecular formula is C14H14ClNO2. The fraction of sp³-hybridized carbons (Fsp3) is 0.429. The number of nitrogens with one attached hydrogen (secondary N) is 1. The minimum absolute atomic E-state index is 0.0121. The van der Waals surface area contributed by atoms with Gasteiger partial charge >= 0.3 is 0 Å². The highest BCUT2D eigenvalue weighted by molar-refractivity contribution is 6.22. The molecule has 3 nitrogen and oxygen atoms in total. The highest BCUT2D eigenvalue weighted by Crippen LogP contribution is 2.47. The zero-order valence-corrected chi connectivity index (χ0v) is 10.9. The normalized spacial score (nSPS) is 19.3. The number of carbonyl (C=O) groups excluding carboxylic acids is 2. The number of fused-ring (bicyclic) bond motifs is 1. The number of amides is 1. The van der Waals surface area contributed by atoms with E-state index in [-0.39, 0.29) is 17.1 Å². The molecule has 18 heavy (non-hydrogen) atoms. The van der Waals surface area contributed by atoms with Crippen LogP contribution in [0.1, 0.15) is 57.0 Å². The molecule has 0 spiro atoms. The summed E-state index contributed by atoms with van der Waals surface area (Å²) in [7, 11) is 0. The summed E-state index contributed by atoms with van der Waals surface area (Å²) < 4.78 is 0. The van der Waals surface area contributed by atoms with Gasteiger partial charge in [0.15, 0.2) is 5.78 Å². The van der Waals surface area contributed by atoms with E-state index in [1.165, 1.54) is 6.92 Å². The Labute approximate surface area is 111 Å². The van der Waals surface area contributed by atoms with Gasteiger partial charge in [-0.15, -0.1) is 11.6 Å². The molecule has 94 valence electrons. The quantitative estimate of drug-likeness (QED) is 0.673. The van der Waals surface area contributed by atoms with Gasteiger partial charge in [-0.05, 0) is 48.9 Å². The summed E-state index contributed by atoms with van der Waals surface area (Å²) in [6.45, 7) is 2.03. The second-order valence-electron chi connectivity index (χ2n) is 5.08. The van der Waals surface area contributed by atoms with Crippen LogP contribution in [0.15, 0.2) is 12.1 Å². The van der Waals surface area contributed by atoms with E-state index >= 15 is 0 Å². The third kappa shape index (κ3) is 1.83. The van der Waals surface area contributed by atoms with Crippen LogP contribution in [0.2, 0.25) is 0 Å². The highest BCUT2D eigenvalue weighted by Gasteiger charge is 2.35. The Hall–Kier alpha value is -1.35. The summed E-state index contributed by atoms with van der Waals surface area (Å²) in [5.41, 5.74) is 3.06. The molecule has 0 saturated heterocycles. The monoisotopic (exact) mass is 263 g/mol. The number of ketones is 1. The summed E-state index contributed by atoms with van der Waals surface area (Å²) in [6.07, 6.45) is 2.21. The van der Waals surface area contributed by atoms with Crippen LogP contribution in [0.3, 0.4) is 0 Å². The molecule has 1 heterocycles. The molecule has 0 bridgehead atoms. The van der Waals surface area contributed by atoms with Gasteiger partial charge in [0.2, 0.25) is 0 Å². The van der Waals surface area contributed by atoms with Crippen LogP contribution < -0.4 is 5.32 Å². The van der Waals surface area contributed by atoms with Crippen molar-refractivity contribution in [3.63, 3.8) is 0 Å². The summed E-state index contributed by atoms with van der Waals surface area (Å²) in [5, 5.41) is 2.65. The van der Waals surface area contributed by atoms with Gasteiger partial charge in [-0.25, -0.2) is 0 Å². The lowest BCUT2D eigenvalue weighted by Gasteiger charge is -2.13. The first-order valence-corrected chi connectivity index (χ1v) is 6.61. The number of Topliss-reactive ketones (excluding diaryl/α,β-unsaturated/α-hetero) is 1. The number of hydrogen-bond acceptors (Lipinski definition) is 2. The Kier molecular flexibility index (Phi) is 2.67. The van der Waals surface area contributed by atoms with E-state index in [2.05, 4.69) is 5.32 Å². The van der Waals surface area contributed by atoms with Crippen molar-refractivity contribution in [2.24, 2.45) is 5.92 Å². The van der Waals surface area contributed by atoms with Gasteiger partial charge < -0.3 is 5.32 Å². The van der Waals surface area contributed by atoms with Crippen molar-refractivity contribution < 1.29 is 9.59 Å². The average Bonchev–Trinajstić information content (AvgIpc) is 3.12. The number of carbonyl (C=O) groups is 2. The molecule has 1 amide bonds. The van der Waals surface area contributed by atoms with Crippen LogP contribution in [0.5, 0.6) is 0 Å². The summed E-state index contributed by atoms with van der Waals surface area (Å²) in [4.78, 5) is 23.4. The molecule has 1 aromatic rings. The topological polar surface area (TPSA) is 46.2 Å². The van der Waals surface area contributed by atoms with Crippen LogP contribution in [0.4, 0.5) is 0 Å². The van der Waals surface area contributed by atoms with E-state index in [0.717, 1.165) is 24.0 Å². The summed E-state index contributed by atoms with van der Waals surface area (Å²) in [5.74, 6) is 0.394. The molecule has 1 unspecified atom stereocenters. The van der Waals surface area contributed by atoms with E-state index in [4.69, 9.17) is 11.6 Å². The molecule has 1 saturated carbocycles. The van der Waals surface area contributed by atoms with Gasteiger partial charge in [-0.2, -0.15) is 0 Å². The van der Waals surface area contributed by atoms with Crippen molar-refractivity contribution in [3.8, 4) is 0 Å². The SMILES string of the molecule is CC(=O)c1cc2c(c(C(Cl)C3CC3)c1)C(=O)NC2. The van der Waals surface area contributed by atoms with Gasteiger partial charge in [-0.3, -0.25) is 9.59 Å². The lowest BCUT2D eigenvalue weighted by atomic mass is 9.94. The number of rotatable bonds is 3. The fourth-order valence-corrected chi connectivity index (χ4v) is 2.89. The number of alkyl halides is 1. The molecule has 1 N–H and O–H groups in total. The third-order valence-electron chi connectivity index (χ3n) is 3.66. The molecular weight excluding hydrogens is 250 g/mol. The van der Waals surface area contributed by atoms with Crippen LogP contribution >= 0.6 is 11.6 Å². The van der Waals surface area contributed by atoms with Crippen molar-refractivity contribution in [1.82, 2.24) is 5.32 Å². The molecule has 1 fully saturated rings. The maximum Gasteiger partial charge on any atom is 0.252 e. The van der Waals surface area contributed by atoms with Crippen molar-refractivity contribution in [1.29, 1.82) is 0 Å². The predicted octanol–water partition coefficient (Wildman–Crippen LogP) is 2.82. The van der Waals surface area contributed by atoms with Crippen molar-refractivity contribution in [2.75, 3.05) is 0 Å². The van der Waals surface area contributed by atoms with E-state index in [0.29, 0.717) is 23.6 Å². The Morgan fingerprint density at radius 2 is 2.17 bits per heavy atom. The first-order valence-electron chi connectivity index (χ1n) is 6.18. The number of hydrogen-bond donors (Lipinski definition) is 1. The van der Waals surface area contributed by atoms with Crippen molar-refractivity contribution in [3.05, 3.63) is 34.4 Å². The van der Waals surface area contributed by atoms with E-state index in [1.54, 1.807) is 12.1 Å². The smallest absolute Gasteiger partial charge is 0.252 e. The lowest BCUT2D eigenvalue weighted by molar-refractivity contribution is 0.0962. The first kappa shape index (κ1) is 11.7. The van der Waals surface area contributed by atoms with Crippen LogP contribution in [0, 0.1) is 5.92 Å². The zero-order chi connectivity index (χ0) is 12.9. The Bertz CT molecular complexity index is 549. The standard InChI is InChI=1S/C14H14ClNO2/c1-7(17)9-4-10-6-16-14(18)12(10)11(5-9)13(15)8-2-3-8/h4-5,8,13H,2-3,6H2,1H3,(H,16,18). The second-order valence-corrected chi connectivity index (χ2v) is 5.55. The molecule has 1 aromatic carbocycles. The van der Waals surface area contributed by atoms with E-state index in [1.807, 2.05) is 0 Å². The minimum Gasteiger partial charge on any atom is -0.348 e. The van der Waals surface area contributed by atoms with Crippen LogP contribution in [-0.4, -0.2) is 11.7 Å². The highest BCUT2D eigenvalue weighted by atomic mass is 35.5.